The number of nitrogens with zero attached hydrogens (tertiary/aromatic N) is 5. The smallest absolute Gasteiger partial charge is 0.264 e. The molecular formula is C39H51N5O5Si. The summed E-state index contributed by atoms with van der Waals surface area (Å²) in [7, 11) is -2.88. The van der Waals surface area contributed by atoms with Gasteiger partial charge in [-0.3, -0.25) is 14.3 Å². The SMILES string of the molecule is CC(C)=CCC/C(C)=C/CN1C(=O)[C@@]2(O[C@@H](CCn3cc(C(CO)c4ccccc4)nn3)[C@H]([Si](C)(C)O)[C@H]2C)c2cc(N3CCC3=O)ccc21. The van der Waals surface area contributed by atoms with E-state index in [-0.39, 0.29) is 35.8 Å². The molecule has 11 heteroatoms. The highest BCUT2D eigenvalue weighted by molar-refractivity contribution is 6.71. The maximum Gasteiger partial charge on any atom is 0.264 e. The molecule has 1 aromatic heterocycles. The van der Waals surface area contributed by atoms with E-state index in [0.29, 0.717) is 38.2 Å². The fourth-order valence-electron chi connectivity index (χ4n) is 8.11. The van der Waals surface area contributed by atoms with Crippen LogP contribution in [0, 0.1) is 5.92 Å². The molecule has 0 aliphatic carbocycles. The molecule has 4 heterocycles. The zero-order valence-corrected chi connectivity index (χ0v) is 31.2. The van der Waals surface area contributed by atoms with Crippen LogP contribution in [-0.4, -0.2) is 70.8 Å². The molecule has 2 N–H and O–H groups in total. The lowest BCUT2D eigenvalue weighted by atomic mass is 9.82. The van der Waals surface area contributed by atoms with Crippen molar-refractivity contribution in [2.45, 2.75) is 96.2 Å². The van der Waals surface area contributed by atoms with Gasteiger partial charge in [0.2, 0.25) is 5.91 Å². The number of ether oxygens (including phenoxy) is 1. The maximum atomic E-state index is 14.8. The van der Waals surface area contributed by atoms with E-state index in [1.807, 2.05) is 79.6 Å². The maximum absolute atomic E-state index is 14.8. The molecule has 266 valence electrons. The van der Waals surface area contributed by atoms with E-state index in [2.05, 4.69) is 43.2 Å². The molecular weight excluding hydrogens is 647 g/mol. The van der Waals surface area contributed by atoms with Crippen molar-refractivity contribution in [3.63, 3.8) is 0 Å². The van der Waals surface area contributed by atoms with Crippen LogP contribution in [0.25, 0.3) is 0 Å². The average molecular weight is 698 g/mol. The molecule has 50 heavy (non-hydrogen) atoms. The summed E-state index contributed by atoms with van der Waals surface area (Å²) >= 11 is 0. The van der Waals surface area contributed by atoms with Gasteiger partial charge in [0.05, 0.1) is 30.0 Å². The molecule has 1 spiro atoms. The predicted molar refractivity (Wildman–Crippen MR) is 197 cm³/mol. The number of allylic oxidation sites excluding steroid dienone is 3. The lowest BCUT2D eigenvalue weighted by Crippen LogP contribution is -2.46. The Balaban J connectivity index is 1.30. The Morgan fingerprint density at radius 3 is 2.52 bits per heavy atom. The molecule has 3 aromatic rings. The highest BCUT2D eigenvalue weighted by Crippen LogP contribution is 2.60. The van der Waals surface area contributed by atoms with Crippen molar-refractivity contribution in [3.8, 4) is 0 Å². The lowest BCUT2D eigenvalue weighted by molar-refractivity contribution is -0.145. The fourth-order valence-corrected chi connectivity index (χ4v) is 10.7. The Labute approximate surface area is 296 Å². The topological polar surface area (TPSA) is 121 Å². The van der Waals surface area contributed by atoms with Crippen LogP contribution in [-0.2, 0) is 26.5 Å². The average Bonchev–Trinajstić information content (AvgIpc) is 3.72. The number of amides is 2. The number of fused-ring (bicyclic) bond motifs is 2. The second kappa shape index (κ2) is 14.4. The summed E-state index contributed by atoms with van der Waals surface area (Å²) < 4.78 is 8.82. The van der Waals surface area contributed by atoms with Gasteiger partial charge in [0, 0.05) is 55.0 Å². The van der Waals surface area contributed by atoms with Gasteiger partial charge in [-0.25, -0.2) is 0 Å². The summed E-state index contributed by atoms with van der Waals surface area (Å²) in [6.45, 7) is 13.6. The number of anilines is 2. The number of aromatic nitrogens is 3. The van der Waals surface area contributed by atoms with Crippen molar-refractivity contribution < 1.29 is 24.2 Å². The number of rotatable bonds is 13. The molecule has 2 aromatic carbocycles. The van der Waals surface area contributed by atoms with E-state index in [0.717, 1.165) is 35.3 Å². The number of aliphatic hydroxyl groups is 1. The van der Waals surface area contributed by atoms with E-state index < -0.39 is 20.0 Å². The quantitative estimate of drug-likeness (QED) is 0.126. The highest BCUT2D eigenvalue weighted by Gasteiger charge is 2.66. The van der Waals surface area contributed by atoms with Gasteiger partial charge in [0.15, 0.2) is 13.9 Å². The lowest BCUT2D eigenvalue weighted by Gasteiger charge is -2.33. The van der Waals surface area contributed by atoms with E-state index in [1.54, 1.807) is 9.58 Å². The van der Waals surface area contributed by atoms with Gasteiger partial charge >= 0.3 is 0 Å². The van der Waals surface area contributed by atoms with Crippen molar-refractivity contribution in [3.05, 3.63) is 94.8 Å². The third kappa shape index (κ3) is 6.76. The van der Waals surface area contributed by atoms with Crippen LogP contribution in [0.1, 0.15) is 76.1 Å². The van der Waals surface area contributed by atoms with Crippen LogP contribution in [0.4, 0.5) is 11.4 Å². The molecule has 3 aliphatic rings. The van der Waals surface area contributed by atoms with Crippen molar-refractivity contribution in [2.75, 3.05) is 29.5 Å². The molecule has 2 amide bonds. The van der Waals surface area contributed by atoms with Gasteiger partial charge in [0.25, 0.3) is 5.91 Å². The number of β-lactam (4-membered cyclic amide) rings is 1. The normalized spacial score (nSPS) is 24.2. The molecule has 0 radical (unpaired) electrons. The minimum Gasteiger partial charge on any atom is -0.432 e. The van der Waals surface area contributed by atoms with Gasteiger partial charge in [-0.05, 0) is 76.9 Å². The Bertz CT molecular complexity index is 1780. The van der Waals surface area contributed by atoms with Gasteiger partial charge in [-0.15, -0.1) is 5.10 Å². The summed E-state index contributed by atoms with van der Waals surface area (Å²) in [6.07, 6.45) is 8.69. The number of hydrogen-bond acceptors (Lipinski definition) is 7. The van der Waals surface area contributed by atoms with E-state index in [9.17, 15) is 19.5 Å². The van der Waals surface area contributed by atoms with Crippen LogP contribution in [0.5, 0.6) is 0 Å². The van der Waals surface area contributed by atoms with Gasteiger partial charge in [-0.2, -0.15) is 0 Å². The fraction of sp³-hybridized carbons (Fsp3) is 0.487. The second-order valence-corrected chi connectivity index (χ2v) is 19.0. The summed E-state index contributed by atoms with van der Waals surface area (Å²) in [5.74, 6) is -0.659. The van der Waals surface area contributed by atoms with Gasteiger partial charge in [0.1, 0.15) is 0 Å². The van der Waals surface area contributed by atoms with Crippen LogP contribution in [0.2, 0.25) is 18.6 Å². The number of carbonyl (C=O) groups is 2. The monoisotopic (exact) mass is 697 g/mol. The van der Waals surface area contributed by atoms with E-state index in [4.69, 9.17) is 4.74 Å². The highest BCUT2D eigenvalue weighted by atomic mass is 28.4. The third-order valence-corrected chi connectivity index (χ3v) is 13.3. The van der Waals surface area contributed by atoms with Crippen molar-refractivity contribution in [2.24, 2.45) is 5.92 Å². The van der Waals surface area contributed by atoms with E-state index in [1.165, 1.54) is 11.1 Å². The summed E-state index contributed by atoms with van der Waals surface area (Å²) in [5, 5.41) is 18.9. The van der Waals surface area contributed by atoms with Crippen LogP contribution >= 0.6 is 0 Å². The first-order chi connectivity index (χ1) is 23.8. The molecule has 2 fully saturated rings. The van der Waals surface area contributed by atoms with Crippen LogP contribution < -0.4 is 9.80 Å². The molecule has 6 rings (SSSR count). The number of hydrogen-bond donors (Lipinski definition) is 2. The van der Waals surface area contributed by atoms with Crippen molar-refractivity contribution >= 4 is 31.5 Å². The summed E-state index contributed by atoms with van der Waals surface area (Å²) in [6, 6.07) is 15.6. The standard InChI is InChI=1S/C39H51N5O5Si/c1-26(2)11-10-12-27(3)17-21-44-34-16-15-30(43-22-19-36(43)46)23-32(34)39(38(44)47)28(4)37(50(5,6)48)35(49-39)18-20-42-24-33(40-41-42)31(25-45)29-13-8-7-9-14-29/h7-9,11,13-17,23-24,28,31,35,37,45,48H,10,12,18-22,25H2,1-6H3/b27-17+/t28-,31?,35+,37-,39+/m1/s1. The van der Waals surface area contributed by atoms with Gasteiger partial charge in [-0.1, -0.05) is 65.8 Å². The van der Waals surface area contributed by atoms with Crippen LogP contribution in [0.3, 0.4) is 0 Å². The molecule has 10 nitrogen and oxygen atoms in total. The van der Waals surface area contributed by atoms with Crippen LogP contribution in [0.15, 0.2) is 78.0 Å². The Morgan fingerprint density at radius 2 is 1.88 bits per heavy atom. The first-order valence-electron chi connectivity index (χ1n) is 17.9. The number of aryl methyl sites for hydroxylation is 1. The molecule has 2 saturated heterocycles. The minimum absolute atomic E-state index is 0.0676. The zero-order chi connectivity index (χ0) is 35.8. The summed E-state index contributed by atoms with van der Waals surface area (Å²) in [5.41, 5.74) is 4.93. The van der Waals surface area contributed by atoms with Crippen molar-refractivity contribution in [1.29, 1.82) is 0 Å². The second-order valence-electron chi connectivity index (χ2n) is 15.0. The Kier molecular flexibility index (Phi) is 10.3. The zero-order valence-electron chi connectivity index (χ0n) is 30.2. The number of benzene rings is 2. The molecule has 5 atom stereocenters. The molecule has 3 aliphatic heterocycles. The predicted octanol–water partition coefficient (Wildman–Crippen LogP) is 6.07. The first kappa shape index (κ1) is 35.9. The van der Waals surface area contributed by atoms with E-state index >= 15 is 0 Å². The minimum atomic E-state index is -2.88. The van der Waals surface area contributed by atoms with Gasteiger partial charge < -0.3 is 24.4 Å². The Hall–Kier alpha value is -3.90. The largest absolute Gasteiger partial charge is 0.432 e. The Morgan fingerprint density at radius 1 is 1.12 bits per heavy atom. The summed E-state index contributed by atoms with van der Waals surface area (Å²) in [4.78, 5) is 42.7. The number of carbonyl (C=O) groups excluding carboxylic acids is 2. The molecule has 0 saturated carbocycles. The first-order valence-corrected chi connectivity index (χ1v) is 20.9. The molecule has 1 unspecified atom stereocenters. The molecule has 0 bridgehead atoms. The number of aliphatic hydroxyl groups excluding tert-OH is 1. The third-order valence-electron chi connectivity index (χ3n) is 10.8. The van der Waals surface area contributed by atoms with Crippen molar-refractivity contribution in [1.82, 2.24) is 15.0 Å².